The zero-order valence-electron chi connectivity index (χ0n) is 9.80. The van der Waals surface area contributed by atoms with Crippen LogP contribution in [0.2, 0.25) is 0 Å². The van der Waals surface area contributed by atoms with E-state index in [-0.39, 0.29) is 0 Å². The summed E-state index contributed by atoms with van der Waals surface area (Å²) in [6, 6.07) is 0. The second kappa shape index (κ2) is 5.42. The molecule has 0 saturated heterocycles. The third-order valence-corrected chi connectivity index (χ3v) is 4.20. The van der Waals surface area contributed by atoms with Gasteiger partial charge in [0.2, 0.25) is 0 Å². The van der Waals surface area contributed by atoms with E-state index in [0.29, 0.717) is 5.82 Å². The average Bonchev–Trinajstić information content (AvgIpc) is 2.86. The number of nitrogen functional groups attached to an aromatic ring is 1. The molecular weight excluding hydrogens is 254 g/mol. The van der Waals surface area contributed by atoms with Crippen molar-refractivity contribution in [1.29, 1.82) is 0 Å². The molecule has 17 heavy (non-hydrogen) atoms. The highest BCUT2D eigenvalue weighted by Crippen LogP contribution is 2.34. The van der Waals surface area contributed by atoms with Crippen molar-refractivity contribution in [2.45, 2.75) is 11.3 Å². The monoisotopic (exact) mass is 269 g/mol. The van der Waals surface area contributed by atoms with Gasteiger partial charge >= 0.3 is 0 Å². The molecule has 5 nitrogen and oxygen atoms in total. The molecule has 0 aliphatic carbocycles. The zero-order valence-corrected chi connectivity index (χ0v) is 11.4. The SMILES string of the molecule is CSc1c(N)nsc1NCCc1nccn1C. The van der Waals surface area contributed by atoms with Crippen molar-refractivity contribution >= 4 is 34.1 Å². The second-order valence-electron chi connectivity index (χ2n) is 3.56. The van der Waals surface area contributed by atoms with Gasteiger partial charge in [0.15, 0.2) is 5.82 Å². The van der Waals surface area contributed by atoms with Gasteiger partial charge in [-0.15, -0.1) is 11.8 Å². The molecular formula is C10H15N5S2. The summed E-state index contributed by atoms with van der Waals surface area (Å²) in [4.78, 5) is 5.31. The molecule has 0 spiro atoms. The minimum Gasteiger partial charge on any atom is -0.382 e. The smallest absolute Gasteiger partial charge is 0.153 e. The number of nitrogens with two attached hydrogens (primary N) is 1. The van der Waals surface area contributed by atoms with E-state index in [2.05, 4.69) is 14.7 Å². The Labute approximate surface area is 109 Å². The van der Waals surface area contributed by atoms with Crippen LogP contribution < -0.4 is 11.1 Å². The van der Waals surface area contributed by atoms with E-state index in [1.54, 1.807) is 11.8 Å². The lowest BCUT2D eigenvalue weighted by Gasteiger charge is -2.05. The second-order valence-corrected chi connectivity index (χ2v) is 5.15. The molecule has 0 unspecified atom stereocenters. The van der Waals surface area contributed by atoms with Gasteiger partial charge in [-0.1, -0.05) is 0 Å². The van der Waals surface area contributed by atoms with E-state index in [4.69, 9.17) is 5.73 Å². The molecule has 0 saturated carbocycles. The largest absolute Gasteiger partial charge is 0.382 e. The summed E-state index contributed by atoms with van der Waals surface area (Å²) in [5.74, 6) is 1.68. The number of rotatable bonds is 5. The van der Waals surface area contributed by atoms with Crippen LogP contribution in [0, 0.1) is 0 Å². The maximum atomic E-state index is 5.76. The first-order valence-corrected chi connectivity index (χ1v) is 7.21. The van der Waals surface area contributed by atoms with Gasteiger partial charge in [0.25, 0.3) is 0 Å². The molecule has 0 radical (unpaired) electrons. The van der Waals surface area contributed by atoms with Crippen LogP contribution in [0.1, 0.15) is 5.82 Å². The predicted molar refractivity (Wildman–Crippen MR) is 73.7 cm³/mol. The predicted octanol–water partition coefficient (Wildman–Crippen LogP) is 1.84. The average molecular weight is 269 g/mol. The van der Waals surface area contributed by atoms with Crippen LogP contribution >= 0.6 is 23.3 Å². The fraction of sp³-hybridized carbons (Fsp3) is 0.400. The van der Waals surface area contributed by atoms with Gasteiger partial charge in [-0.3, -0.25) is 0 Å². The molecule has 7 heteroatoms. The number of aromatic nitrogens is 3. The van der Waals surface area contributed by atoms with Crippen LogP contribution in [0.15, 0.2) is 17.3 Å². The molecule has 0 aromatic carbocycles. The highest BCUT2D eigenvalue weighted by Gasteiger charge is 2.09. The minimum absolute atomic E-state index is 0.613. The molecule has 0 amide bonds. The lowest BCUT2D eigenvalue weighted by molar-refractivity contribution is 0.790. The number of thioether (sulfide) groups is 1. The van der Waals surface area contributed by atoms with Crippen molar-refractivity contribution in [3.63, 3.8) is 0 Å². The highest BCUT2D eigenvalue weighted by molar-refractivity contribution is 7.99. The van der Waals surface area contributed by atoms with Crippen molar-refractivity contribution < 1.29 is 0 Å². The first kappa shape index (κ1) is 12.3. The van der Waals surface area contributed by atoms with Gasteiger partial charge < -0.3 is 15.6 Å². The van der Waals surface area contributed by atoms with Gasteiger partial charge in [0, 0.05) is 32.4 Å². The third-order valence-electron chi connectivity index (χ3n) is 2.43. The number of aryl methyl sites for hydroxylation is 1. The van der Waals surface area contributed by atoms with E-state index in [9.17, 15) is 0 Å². The van der Waals surface area contributed by atoms with Crippen molar-refractivity contribution in [3.8, 4) is 0 Å². The quantitative estimate of drug-likeness (QED) is 0.811. The topological polar surface area (TPSA) is 68.8 Å². The number of hydrogen-bond donors (Lipinski definition) is 2. The third kappa shape index (κ3) is 2.73. The summed E-state index contributed by atoms with van der Waals surface area (Å²) in [7, 11) is 2.00. The summed E-state index contributed by atoms with van der Waals surface area (Å²) in [5.41, 5.74) is 5.76. The molecule has 0 fully saturated rings. The van der Waals surface area contributed by atoms with Gasteiger partial charge in [-0.05, 0) is 17.8 Å². The normalized spacial score (nSPS) is 10.7. The van der Waals surface area contributed by atoms with Crippen molar-refractivity contribution in [2.24, 2.45) is 7.05 Å². The van der Waals surface area contributed by atoms with E-state index in [0.717, 1.165) is 28.7 Å². The Morgan fingerprint density at radius 3 is 3.06 bits per heavy atom. The highest BCUT2D eigenvalue weighted by atomic mass is 32.2. The van der Waals surface area contributed by atoms with Crippen LogP contribution in [0.4, 0.5) is 10.8 Å². The van der Waals surface area contributed by atoms with Crippen LogP contribution in [0.3, 0.4) is 0 Å². The molecule has 0 aliphatic rings. The van der Waals surface area contributed by atoms with Crippen LogP contribution in [0.25, 0.3) is 0 Å². The molecule has 2 rings (SSSR count). The Balaban J connectivity index is 1.92. The molecule has 0 aliphatic heterocycles. The maximum Gasteiger partial charge on any atom is 0.153 e. The zero-order chi connectivity index (χ0) is 12.3. The Morgan fingerprint density at radius 1 is 1.59 bits per heavy atom. The van der Waals surface area contributed by atoms with Crippen molar-refractivity contribution in [3.05, 3.63) is 18.2 Å². The first-order valence-electron chi connectivity index (χ1n) is 5.21. The summed E-state index contributed by atoms with van der Waals surface area (Å²) >= 11 is 3.03. The van der Waals surface area contributed by atoms with Crippen LogP contribution in [0.5, 0.6) is 0 Å². The van der Waals surface area contributed by atoms with Crippen LogP contribution in [-0.2, 0) is 13.5 Å². The standard InChI is InChI=1S/C10H15N5S2/c1-15-6-5-12-7(15)3-4-13-10-8(16-2)9(11)14-17-10/h5-6,13H,3-4H2,1-2H3,(H2,11,14). The van der Waals surface area contributed by atoms with E-state index in [1.165, 1.54) is 11.5 Å². The van der Waals surface area contributed by atoms with Crippen molar-refractivity contribution in [1.82, 2.24) is 13.9 Å². The molecule has 2 aromatic heterocycles. The summed E-state index contributed by atoms with van der Waals surface area (Å²) in [6.07, 6.45) is 6.65. The molecule has 3 N–H and O–H groups in total. The van der Waals surface area contributed by atoms with E-state index < -0.39 is 0 Å². The van der Waals surface area contributed by atoms with Gasteiger partial charge in [0.05, 0.1) is 4.90 Å². The molecule has 92 valence electrons. The fourth-order valence-electron chi connectivity index (χ4n) is 1.53. The Hall–Kier alpha value is -1.21. The fourth-order valence-corrected chi connectivity index (χ4v) is 3.10. The molecule has 2 aromatic rings. The number of nitrogens with one attached hydrogen (secondary N) is 1. The van der Waals surface area contributed by atoms with Gasteiger partial charge in [-0.25, -0.2) is 4.98 Å². The number of anilines is 2. The number of imidazole rings is 1. The number of nitrogens with zero attached hydrogens (tertiary/aromatic N) is 3. The Bertz CT molecular complexity index is 491. The van der Waals surface area contributed by atoms with Crippen LogP contribution in [-0.4, -0.2) is 26.7 Å². The van der Waals surface area contributed by atoms with Gasteiger partial charge in [0.1, 0.15) is 10.8 Å². The summed E-state index contributed by atoms with van der Waals surface area (Å²) in [5, 5.41) is 4.40. The Morgan fingerprint density at radius 2 is 2.41 bits per heavy atom. The van der Waals surface area contributed by atoms with E-state index >= 15 is 0 Å². The number of hydrogen-bond acceptors (Lipinski definition) is 6. The molecule has 2 heterocycles. The van der Waals surface area contributed by atoms with E-state index in [1.807, 2.05) is 30.3 Å². The lowest BCUT2D eigenvalue weighted by atomic mass is 10.4. The maximum absolute atomic E-state index is 5.76. The first-order chi connectivity index (χ1) is 8.22. The minimum atomic E-state index is 0.613. The molecule has 0 atom stereocenters. The Kier molecular flexibility index (Phi) is 3.90. The molecule has 0 bridgehead atoms. The summed E-state index contributed by atoms with van der Waals surface area (Å²) in [6.45, 7) is 0.833. The summed E-state index contributed by atoms with van der Waals surface area (Å²) < 4.78 is 6.16. The van der Waals surface area contributed by atoms with Crippen molar-refractivity contribution in [2.75, 3.05) is 23.9 Å². The lowest BCUT2D eigenvalue weighted by Crippen LogP contribution is -2.08. The van der Waals surface area contributed by atoms with Gasteiger partial charge in [-0.2, -0.15) is 4.37 Å².